The van der Waals surface area contributed by atoms with E-state index in [0.717, 1.165) is 10.0 Å². The first-order chi connectivity index (χ1) is 15.4. The molecular weight excluding hydrogens is 536 g/mol. The molecule has 3 aromatic carbocycles. The Morgan fingerprint density at radius 3 is 2.41 bits per heavy atom. The number of nitrogens with zero attached hydrogens (tertiary/aromatic N) is 1. The van der Waals surface area contributed by atoms with Crippen LogP contribution in [-0.2, 0) is 11.4 Å². The van der Waals surface area contributed by atoms with E-state index in [1.165, 1.54) is 11.6 Å². The molecular formula is C25H20Br2N2O3. The van der Waals surface area contributed by atoms with E-state index >= 15 is 0 Å². The number of ether oxygens (including phenoxy) is 2. The Morgan fingerprint density at radius 2 is 1.78 bits per heavy atom. The van der Waals surface area contributed by atoms with Crippen LogP contribution in [0.3, 0.4) is 0 Å². The third kappa shape index (κ3) is 6.22. The van der Waals surface area contributed by atoms with Crippen LogP contribution in [0.1, 0.15) is 16.7 Å². The van der Waals surface area contributed by atoms with Crippen molar-refractivity contribution in [3.05, 3.63) is 91.9 Å². The van der Waals surface area contributed by atoms with E-state index in [1.54, 1.807) is 37.4 Å². The number of amides is 1. The first-order valence-corrected chi connectivity index (χ1v) is 11.2. The molecule has 0 bridgehead atoms. The fourth-order valence-electron chi connectivity index (χ4n) is 2.86. The van der Waals surface area contributed by atoms with Gasteiger partial charge in [0.1, 0.15) is 29.7 Å². The van der Waals surface area contributed by atoms with Gasteiger partial charge in [0, 0.05) is 15.7 Å². The lowest BCUT2D eigenvalue weighted by atomic mass is 10.1. The second-order valence-corrected chi connectivity index (χ2v) is 8.70. The number of methoxy groups -OCH3 is 1. The quantitative estimate of drug-likeness (QED) is 0.261. The molecule has 0 radical (unpaired) electrons. The number of hydrogen-bond donors (Lipinski definition) is 1. The molecule has 0 aliphatic rings. The SMILES string of the molecule is COc1ccc(NC(=O)/C(C#N)=C/c2cc(Br)cc(Br)c2OCc2ccc(C)cc2)cc1. The molecule has 0 spiro atoms. The Bertz CT molecular complexity index is 1180. The van der Waals surface area contributed by atoms with Gasteiger partial charge in [-0.05, 0) is 70.9 Å². The predicted octanol–water partition coefficient (Wildman–Crippen LogP) is 6.65. The van der Waals surface area contributed by atoms with Gasteiger partial charge in [-0.3, -0.25) is 4.79 Å². The fourth-order valence-corrected chi connectivity index (χ4v) is 4.23. The number of hydrogen-bond acceptors (Lipinski definition) is 4. The maximum Gasteiger partial charge on any atom is 0.266 e. The smallest absolute Gasteiger partial charge is 0.266 e. The summed E-state index contributed by atoms with van der Waals surface area (Å²) < 4.78 is 12.7. The summed E-state index contributed by atoms with van der Waals surface area (Å²) in [6, 6.07) is 20.5. The van der Waals surface area contributed by atoms with Crippen LogP contribution >= 0.6 is 31.9 Å². The third-order valence-electron chi connectivity index (χ3n) is 4.55. The van der Waals surface area contributed by atoms with Crippen molar-refractivity contribution >= 4 is 49.5 Å². The number of anilines is 1. The second kappa shape index (κ2) is 11.0. The molecule has 1 N–H and O–H groups in total. The minimum absolute atomic E-state index is 0.0500. The summed E-state index contributed by atoms with van der Waals surface area (Å²) in [6.07, 6.45) is 1.51. The molecule has 0 heterocycles. The highest BCUT2D eigenvalue weighted by atomic mass is 79.9. The standard InChI is InChI=1S/C25H20Br2N2O3/c1-16-3-5-17(6-4-16)15-32-24-18(12-20(26)13-23(24)27)11-19(14-28)25(30)29-21-7-9-22(31-2)10-8-21/h3-13H,15H2,1-2H3,(H,29,30)/b19-11+. The van der Waals surface area contributed by atoms with Gasteiger partial charge in [0.15, 0.2) is 0 Å². The summed E-state index contributed by atoms with van der Waals surface area (Å²) in [5, 5.41) is 12.3. The first kappa shape index (κ1) is 23.6. The van der Waals surface area contributed by atoms with Gasteiger partial charge in [0.2, 0.25) is 0 Å². The molecule has 3 rings (SSSR count). The van der Waals surface area contributed by atoms with Crippen LogP contribution in [0.2, 0.25) is 0 Å². The van der Waals surface area contributed by atoms with Gasteiger partial charge in [-0.15, -0.1) is 0 Å². The number of rotatable bonds is 7. The van der Waals surface area contributed by atoms with E-state index in [0.29, 0.717) is 33.8 Å². The zero-order valence-corrected chi connectivity index (χ0v) is 20.7. The molecule has 0 aromatic heterocycles. The van der Waals surface area contributed by atoms with Crippen LogP contribution in [0.5, 0.6) is 11.5 Å². The Kier molecular flexibility index (Phi) is 8.09. The minimum Gasteiger partial charge on any atom is -0.497 e. The van der Waals surface area contributed by atoms with E-state index < -0.39 is 5.91 Å². The number of carbonyl (C=O) groups is 1. The van der Waals surface area contributed by atoms with Crippen molar-refractivity contribution in [3.8, 4) is 17.6 Å². The molecule has 0 aliphatic carbocycles. The monoisotopic (exact) mass is 554 g/mol. The summed E-state index contributed by atoms with van der Waals surface area (Å²) >= 11 is 6.98. The zero-order valence-electron chi connectivity index (χ0n) is 17.5. The molecule has 0 saturated carbocycles. The van der Waals surface area contributed by atoms with Crippen LogP contribution in [-0.4, -0.2) is 13.0 Å². The van der Waals surface area contributed by atoms with Crippen molar-refractivity contribution < 1.29 is 14.3 Å². The Morgan fingerprint density at radius 1 is 1.09 bits per heavy atom. The summed E-state index contributed by atoms with van der Waals surface area (Å²) in [7, 11) is 1.57. The molecule has 1 amide bonds. The van der Waals surface area contributed by atoms with Crippen LogP contribution in [0.15, 0.2) is 75.2 Å². The van der Waals surface area contributed by atoms with Gasteiger partial charge in [-0.25, -0.2) is 0 Å². The molecule has 162 valence electrons. The van der Waals surface area contributed by atoms with Crippen molar-refractivity contribution in [3.63, 3.8) is 0 Å². The molecule has 0 atom stereocenters. The molecule has 0 fully saturated rings. The van der Waals surface area contributed by atoms with Crippen LogP contribution in [0.4, 0.5) is 5.69 Å². The maximum absolute atomic E-state index is 12.7. The van der Waals surface area contributed by atoms with Crippen molar-refractivity contribution in [2.24, 2.45) is 0 Å². The van der Waals surface area contributed by atoms with Gasteiger partial charge in [0.05, 0.1) is 11.6 Å². The summed E-state index contributed by atoms with van der Waals surface area (Å²) in [5.74, 6) is 0.699. The van der Waals surface area contributed by atoms with E-state index in [-0.39, 0.29) is 5.57 Å². The number of aryl methyl sites for hydroxylation is 1. The average molecular weight is 556 g/mol. The molecule has 0 unspecified atom stereocenters. The van der Waals surface area contributed by atoms with Gasteiger partial charge in [-0.1, -0.05) is 45.8 Å². The normalized spacial score (nSPS) is 10.9. The van der Waals surface area contributed by atoms with Crippen LogP contribution in [0, 0.1) is 18.3 Å². The molecule has 5 nitrogen and oxygen atoms in total. The minimum atomic E-state index is -0.516. The number of halogens is 2. The number of nitriles is 1. The number of benzene rings is 3. The molecule has 0 saturated heterocycles. The van der Waals surface area contributed by atoms with Crippen LogP contribution < -0.4 is 14.8 Å². The number of carbonyl (C=O) groups excluding carboxylic acids is 1. The van der Waals surface area contributed by atoms with E-state index in [1.807, 2.05) is 43.3 Å². The van der Waals surface area contributed by atoms with Crippen molar-refractivity contribution in [2.45, 2.75) is 13.5 Å². The highest BCUT2D eigenvalue weighted by Crippen LogP contribution is 2.35. The Hall–Kier alpha value is -3.08. The van der Waals surface area contributed by atoms with Crippen molar-refractivity contribution in [1.29, 1.82) is 5.26 Å². The summed E-state index contributed by atoms with van der Waals surface area (Å²) in [5.41, 5.74) is 3.29. The van der Waals surface area contributed by atoms with E-state index in [9.17, 15) is 10.1 Å². The van der Waals surface area contributed by atoms with Gasteiger partial charge >= 0.3 is 0 Å². The van der Waals surface area contributed by atoms with E-state index in [2.05, 4.69) is 37.2 Å². The highest BCUT2D eigenvalue weighted by Gasteiger charge is 2.14. The maximum atomic E-state index is 12.7. The molecule has 0 aliphatic heterocycles. The Balaban J connectivity index is 1.85. The van der Waals surface area contributed by atoms with Crippen molar-refractivity contribution in [2.75, 3.05) is 12.4 Å². The zero-order chi connectivity index (χ0) is 23.1. The Labute approximate surface area is 203 Å². The molecule has 3 aromatic rings. The molecule has 32 heavy (non-hydrogen) atoms. The summed E-state index contributed by atoms with van der Waals surface area (Å²) in [4.78, 5) is 12.7. The van der Waals surface area contributed by atoms with Crippen LogP contribution in [0.25, 0.3) is 6.08 Å². The summed E-state index contributed by atoms with van der Waals surface area (Å²) in [6.45, 7) is 2.38. The van der Waals surface area contributed by atoms with E-state index in [4.69, 9.17) is 9.47 Å². The lowest BCUT2D eigenvalue weighted by Crippen LogP contribution is -2.13. The highest BCUT2D eigenvalue weighted by molar-refractivity contribution is 9.11. The predicted molar refractivity (Wildman–Crippen MR) is 133 cm³/mol. The third-order valence-corrected chi connectivity index (χ3v) is 5.60. The van der Waals surface area contributed by atoms with Gasteiger partial charge in [-0.2, -0.15) is 5.26 Å². The van der Waals surface area contributed by atoms with Gasteiger partial charge < -0.3 is 14.8 Å². The van der Waals surface area contributed by atoms with Gasteiger partial charge in [0.25, 0.3) is 5.91 Å². The largest absolute Gasteiger partial charge is 0.497 e. The topological polar surface area (TPSA) is 71.3 Å². The van der Waals surface area contributed by atoms with Crippen molar-refractivity contribution in [1.82, 2.24) is 0 Å². The second-order valence-electron chi connectivity index (χ2n) is 6.93. The lowest BCUT2D eigenvalue weighted by molar-refractivity contribution is -0.112. The average Bonchev–Trinajstić information content (AvgIpc) is 2.78. The molecule has 7 heteroatoms. The lowest BCUT2D eigenvalue weighted by Gasteiger charge is -2.13. The number of nitrogens with one attached hydrogen (secondary N) is 1. The fraction of sp³-hybridized carbons (Fsp3) is 0.120. The first-order valence-electron chi connectivity index (χ1n) is 9.64.